The average Bonchev–Trinajstić information content (AvgIpc) is 1.41. The maximum absolute atomic E-state index is 9.45. The van der Waals surface area contributed by atoms with E-state index in [0.717, 1.165) is 12.2 Å². The van der Waals surface area contributed by atoms with Gasteiger partial charge in [0.2, 0.25) is 5.75 Å². The number of hydrogen-bond acceptors (Lipinski definition) is 1. The molecule has 0 aliphatic rings. The van der Waals surface area contributed by atoms with Crippen molar-refractivity contribution in [2.75, 3.05) is 5.75 Å². The largest absolute Gasteiger partial charge is 0.458 e. The molecule has 0 aliphatic carbocycles. The minimum absolute atomic E-state index is 0.652. The van der Waals surface area contributed by atoms with Crippen molar-refractivity contribution in [3.63, 3.8) is 0 Å². The van der Waals surface area contributed by atoms with Gasteiger partial charge in [-0.05, 0) is 0 Å². The van der Waals surface area contributed by atoms with Gasteiger partial charge in [-0.2, -0.15) is 0 Å². The minimum atomic E-state index is 0.652. The Morgan fingerprint density at radius 3 is 2.40 bits per heavy atom. The third-order valence-electron chi connectivity index (χ3n) is 0.287. The van der Waals surface area contributed by atoms with Crippen LogP contribution in [0.15, 0.2) is 0 Å². The van der Waals surface area contributed by atoms with Crippen LogP contribution in [0.25, 0.3) is 0 Å². The Hall–Kier alpha value is 0.0200. The molecule has 0 saturated heterocycles. The van der Waals surface area contributed by atoms with Crippen molar-refractivity contribution in [1.29, 1.82) is 0 Å². The first kappa shape index (κ1) is 5.02. The molecule has 0 saturated carbocycles. The van der Waals surface area contributed by atoms with Crippen molar-refractivity contribution in [2.45, 2.75) is 13.3 Å². The zero-order valence-corrected chi connectivity index (χ0v) is 4.05. The highest BCUT2D eigenvalue weighted by molar-refractivity contribution is 7.65. The Morgan fingerprint density at radius 1 is 1.80 bits per heavy atom. The zero-order chi connectivity index (χ0) is 4.12. The first-order valence-corrected chi connectivity index (χ1v) is 2.57. The lowest BCUT2D eigenvalue weighted by Gasteiger charge is -1.53. The highest BCUT2D eigenvalue weighted by Crippen LogP contribution is 1.67. The molecule has 2 heteroatoms. The summed E-state index contributed by atoms with van der Waals surface area (Å²) in [7, 11) is 0. The van der Waals surface area contributed by atoms with Crippen molar-refractivity contribution < 1.29 is 4.21 Å². The molecule has 0 bridgehead atoms. The van der Waals surface area contributed by atoms with Crippen molar-refractivity contribution in [1.82, 2.24) is 0 Å². The Morgan fingerprint density at radius 2 is 2.40 bits per heavy atom. The molecule has 1 nitrogen and oxygen atoms in total. The lowest BCUT2D eigenvalue weighted by atomic mass is 10.6. The Balaban J connectivity index is 2.40. The van der Waals surface area contributed by atoms with Gasteiger partial charge in [0.15, 0.2) is 0 Å². The summed E-state index contributed by atoms with van der Waals surface area (Å²) in [5, 5.41) is 0. The van der Waals surface area contributed by atoms with Crippen LogP contribution in [0.5, 0.6) is 0 Å². The van der Waals surface area contributed by atoms with E-state index in [1.165, 1.54) is 0 Å². The SMILES string of the molecule is CCC[S+]=O. The Bertz CT molecular complexity index is 28.1. The van der Waals surface area contributed by atoms with Gasteiger partial charge in [0.1, 0.15) is 0 Å². The topological polar surface area (TPSA) is 17.1 Å². The molecule has 0 aromatic rings. The second kappa shape index (κ2) is 4.02. The predicted molar refractivity (Wildman–Crippen MR) is 23.2 cm³/mol. The third kappa shape index (κ3) is 4.02. The molecular formula is C3H7OS+. The lowest BCUT2D eigenvalue weighted by Crippen LogP contribution is -1.70. The normalized spacial score (nSPS) is 7.40. The molecule has 0 spiro atoms. The second-order valence-corrected chi connectivity index (χ2v) is 1.47. The highest BCUT2D eigenvalue weighted by atomic mass is 32.1. The van der Waals surface area contributed by atoms with Gasteiger partial charge in [0.05, 0.1) is 0 Å². The Labute approximate surface area is 35.9 Å². The van der Waals surface area contributed by atoms with E-state index in [2.05, 4.69) is 0 Å². The maximum Gasteiger partial charge on any atom is 0.458 e. The van der Waals surface area contributed by atoms with Crippen LogP contribution in [0.3, 0.4) is 0 Å². The first-order valence-electron chi connectivity index (χ1n) is 1.66. The van der Waals surface area contributed by atoms with E-state index in [1.54, 1.807) is 0 Å². The van der Waals surface area contributed by atoms with Gasteiger partial charge in [0.25, 0.3) is 0 Å². The third-order valence-corrected chi connectivity index (χ3v) is 0.862. The average molecular weight is 91.2 g/mol. The van der Waals surface area contributed by atoms with Crippen LogP contribution in [0.1, 0.15) is 13.3 Å². The summed E-state index contributed by atoms with van der Waals surface area (Å²) in [4.78, 5) is 0. The number of hydrogen-bond donors (Lipinski definition) is 0. The quantitative estimate of drug-likeness (QED) is 0.460. The van der Waals surface area contributed by atoms with Crippen LogP contribution in [0.4, 0.5) is 0 Å². The molecule has 30 valence electrons. The van der Waals surface area contributed by atoms with E-state index in [0.29, 0.717) is 11.7 Å². The predicted octanol–water partition coefficient (Wildman–Crippen LogP) is 0.825. The van der Waals surface area contributed by atoms with Crippen molar-refractivity contribution in [3.05, 3.63) is 0 Å². The van der Waals surface area contributed by atoms with Crippen LogP contribution in [0, 0.1) is 0 Å². The van der Waals surface area contributed by atoms with E-state index in [1.807, 2.05) is 6.92 Å². The molecule has 0 aliphatic heterocycles. The highest BCUT2D eigenvalue weighted by Gasteiger charge is 1.86. The molecular weight excluding hydrogens is 84.1 g/mol. The molecule has 0 aromatic heterocycles. The summed E-state index contributed by atoms with van der Waals surface area (Å²) in [6, 6.07) is 0. The smallest absolute Gasteiger partial charge is 0.0601 e. The maximum atomic E-state index is 9.45. The van der Waals surface area contributed by atoms with Crippen LogP contribution in [0.2, 0.25) is 0 Å². The summed E-state index contributed by atoms with van der Waals surface area (Å²) in [6.45, 7) is 1.99. The molecule has 5 heavy (non-hydrogen) atoms. The van der Waals surface area contributed by atoms with E-state index in [-0.39, 0.29) is 0 Å². The van der Waals surface area contributed by atoms with Gasteiger partial charge in [-0.15, -0.1) is 0 Å². The van der Waals surface area contributed by atoms with Crippen molar-refractivity contribution in [2.24, 2.45) is 0 Å². The van der Waals surface area contributed by atoms with Crippen LogP contribution >= 0.6 is 0 Å². The molecule has 0 aromatic carbocycles. The molecule has 0 radical (unpaired) electrons. The molecule has 0 fully saturated rings. The van der Waals surface area contributed by atoms with E-state index < -0.39 is 0 Å². The fourth-order valence-corrected chi connectivity index (χ4v) is 0.250. The Kier molecular flexibility index (Phi) is 4.04. The van der Waals surface area contributed by atoms with Crippen LogP contribution < -0.4 is 0 Å². The minimum Gasteiger partial charge on any atom is -0.0601 e. The zero-order valence-electron chi connectivity index (χ0n) is 3.23. The molecule has 0 heterocycles. The van der Waals surface area contributed by atoms with Crippen molar-refractivity contribution >= 4 is 11.7 Å². The first-order chi connectivity index (χ1) is 2.41. The molecule has 0 atom stereocenters. The van der Waals surface area contributed by atoms with Gasteiger partial charge in [0, 0.05) is 10.6 Å². The van der Waals surface area contributed by atoms with Gasteiger partial charge in [-0.3, -0.25) is 0 Å². The molecule has 0 amide bonds. The molecule has 0 N–H and O–H groups in total. The van der Waals surface area contributed by atoms with E-state index in [4.69, 9.17) is 0 Å². The van der Waals surface area contributed by atoms with Gasteiger partial charge < -0.3 is 0 Å². The summed E-state index contributed by atoms with van der Waals surface area (Å²) in [5.74, 6) is 0.750. The number of rotatable bonds is 2. The molecule has 0 rings (SSSR count). The second-order valence-electron chi connectivity index (χ2n) is 0.822. The van der Waals surface area contributed by atoms with Crippen molar-refractivity contribution in [3.8, 4) is 0 Å². The lowest BCUT2D eigenvalue weighted by molar-refractivity contribution is 0.604. The van der Waals surface area contributed by atoms with Gasteiger partial charge in [-0.25, -0.2) is 0 Å². The van der Waals surface area contributed by atoms with E-state index in [9.17, 15) is 4.21 Å². The van der Waals surface area contributed by atoms with Gasteiger partial charge >= 0.3 is 11.7 Å². The fourth-order valence-electron chi connectivity index (χ4n) is 0.0833. The monoisotopic (exact) mass is 91.0 g/mol. The standard InChI is InChI=1S/C3H7OS/c1-2-3-5-4/h2-3H2,1H3/q+1. The summed E-state index contributed by atoms with van der Waals surface area (Å²) in [5.41, 5.74) is 0. The summed E-state index contributed by atoms with van der Waals surface area (Å²) in [6.07, 6.45) is 0.994. The fraction of sp³-hybridized carbons (Fsp3) is 1.00. The summed E-state index contributed by atoms with van der Waals surface area (Å²) < 4.78 is 9.45. The summed E-state index contributed by atoms with van der Waals surface area (Å²) >= 11 is 0.652. The van der Waals surface area contributed by atoms with E-state index >= 15 is 0 Å². The molecule has 0 unspecified atom stereocenters. The van der Waals surface area contributed by atoms with Crippen LogP contribution in [-0.4, -0.2) is 5.75 Å². The van der Waals surface area contributed by atoms with Crippen LogP contribution in [-0.2, 0) is 15.9 Å². The van der Waals surface area contributed by atoms with Gasteiger partial charge in [-0.1, -0.05) is 6.92 Å².